The number of ether oxygens (including phenoxy) is 1. The third-order valence-corrected chi connectivity index (χ3v) is 8.23. The minimum atomic E-state index is -0.140. The number of hydrogen-bond acceptors (Lipinski definition) is 5. The topological polar surface area (TPSA) is 65.5 Å². The fourth-order valence-electron chi connectivity index (χ4n) is 5.43. The maximum Gasteiger partial charge on any atom is 0.272 e. The molecular weight excluding hydrogens is 440 g/mol. The first-order valence-electron chi connectivity index (χ1n) is 13.3. The summed E-state index contributed by atoms with van der Waals surface area (Å²) >= 11 is 0. The van der Waals surface area contributed by atoms with Gasteiger partial charge in [-0.25, -0.2) is 0 Å². The van der Waals surface area contributed by atoms with Crippen LogP contribution < -0.4 is 9.64 Å². The van der Waals surface area contributed by atoms with Crippen LogP contribution in [0.4, 0.5) is 5.69 Å². The SMILES string of the molecule is CC1=CC(C(=O)N2CCN(c3ccc(OC4CCN(C5CCC5)CC4)cc3)C(=O)C2)=NCCC1C. The number of likely N-dealkylation sites (tertiary alicyclic amines) is 1. The van der Waals surface area contributed by atoms with E-state index in [0.29, 0.717) is 31.3 Å². The number of aliphatic imine (C=N–C) groups is 1. The standard InChI is InChI=1S/C28H38N4O3/c1-20-10-13-29-26(18-21(20)2)28(34)31-16-17-32(27(33)19-31)23-6-8-24(9-7-23)35-25-11-14-30(15-12-25)22-4-3-5-22/h6-9,18,20,22,25H,3-5,10-17,19H2,1-2H3. The Bertz CT molecular complexity index is 990. The van der Waals surface area contributed by atoms with Gasteiger partial charge in [0.2, 0.25) is 5.91 Å². The van der Waals surface area contributed by atoms with E-state index in [-0.39, 0.29) is 24.5 Å². The first-order chi connectivity index (χ1) is 17.0. The lowest BCUT2D eigenvalue weighted by molar-refractivity contribution is -0.131. The minimum Gasteiger partial charge on any atom is -0.490 e. The molecule has 0 radical (unpaired) electrons. The van der Waals surface area contributed by atoms with Crippen LogP contribution in [-0.2, 0) is 9.59 Å². The number of rotatable bonds is 5. The fourth-order valence-corrected chi connectivity index (χ4v) is 5.43. The average molecular weight is 479 g/mol. The smallest absolute Gasteiger partial charge is 0.272 e. The highest BCUT2D eigenvalue weighted by atomic mass is 16.5. The highest BCUT2D eigenvalue weighted by Gasteiger charge is 2.31. The Balaban J connectivity index is 1.13. The molecule has 3 heterocycles. The van der Waals surface area contributed by atoms with Gasteiger partial charge in [0.25, 0.3) is 5.91 Å². The summed E-state index contributed by atoms with van der Waals surface area (Å²) in [6.45, 7) is 8.19. The van der Waals surface area contributed by atoms with Gasteiger partial charge in [-0.2, -0.15) is 0 Å². The molecule has 5 rings (SSSR count). The molecule has 0 spiro atoms. The number of carbonyl (C=O) groups is 2. The fraction of sp³-hybridized carbons (Fsp3) is 0.607. The number of piperazine rings is 1. The molecule has 35 heavy (non-hydrogen) atoms. The third-order valence-electron chi connectivity index (χ3n) is 8.23. The zero-order valence-corrected chi connectivity index (χ0v) is 21.1. The van der Waals surface area contributed by atoms with Crippen molar-refractivity contribution in [3.05, 3.63) is 35.9 Å². The summed E-state index contributed by atoms with van der Waals surface area (Å²) in [5.74, 6) is 1.08. The van der Waals surface area contributed by atoms with Gasteiger partial charge in [0, 0.05) is 44.5 Å². The largest absolute Gasteiger partial charge is 0.490 e. The Kier molecular flexibility index (Phi) is 7.23. The molecule has 1 unspecified atom stereocenters. The summed E-state index contributed by atoms with van der Waals surface area (Å²) in [4.78, 5) is 36.5. The number of amides is 2. The maximum absolute atomic E-state index is 13.0. The van der Waals surface area contributed by atoms with Crippen LogP contribution in [0, 0.1) is 5.92 Å². The van der Waals surface area contributed by atoms with E-state index >= 15 is 0 Å². The van der Waals surface area contributed by atoms with Gasteiger partial charge in [-0.3, -0.25) is 14.6 Å². The normalized spacial score (nSPS) is 25.0. The van der Waals surface area contributed by atoms with Crippen LogP contribution in [-0.4, -0.2) is 78.7 Å². The lowest BCUT2D eigenvalue weighted by Crippen LogP contribution is -2.53. The van der Waals surface area contributed by atoms with Gasteiger partial charge in [0.05, 0.1) is 0 Å². The van der Waals surface area contributed by atoms with Crippen molar-refractivity contribution < 1.29 is 14.3 Å². The Labute approximate surface area is 208 Å². The summed E-state index contributed by atoms with van der Waals surface area (Å²) in [7, 11) is 0. The molecule has 4 aliphatic rings. The van der Waals surface area contributed by atoms with Crippen molar-refractivity contribution in [2.24, 2.45) is 10.9 Å². The van der Waals surface area contributed by atoms with Crippen molar-refractivity contribution in [1.82, 2.24) is 9.80 Å². The van der Waals surface area contributed by atoms with E-state index < -0.39 is 0 Å². The number of anilines is 1. The molecule has 188 valence electrons. The highest BCUT2D eigenvalue weighted by molar-refractivity contribution is 6.43. The predicted octanol–water partition coefficient (Wildman–Crippen LogP) is 3.68. The maximum atomic E-state index is 13.0. The second-order valence-electron chi connectivity index (χ2n) is 10.5. The van der Waals surface area contributed by atoms with Crippen molar-refractivity contribution in [1.29, 1.82) is 0 Å². The van der Waals surface area contributed by atoms with Crippen LogP contribution in [0.25, 0.3) is 0 Å². The Morgan fingerprint density at radius 2 is 1.74 bits per heavy atom. The number of piperidine rings is 1. The molecule has 3 fully saturated rings. The molecule has 1 saturated carbocycles. The van der Waals surface area contributed by atoms with E-state index in [1.54, 1.807) is 9.80 Å². The number of hydrogen-bond donors (Lipinski definition) is 0. The van der Waals surface area contributed by atoms with Gasteiger partial charge in [-0.15, -0.1) is 0 Å². The first-order valence-corrected chi connectivity index (χ1v) is 13.3. The van der Waals surface area contributed by atoms with E-state index in [0.717, 1.165) is 49.8 Å². The summed E-state index contributed by atoms with van der Waals surface area (Å²) in [5.41, 5.74) is 2.50. The van der Waals surface area contributed by atoms with Gasteiger partial charge in [0.1, 0.15) is 24.1 Å². The summed E-state index contributed by atoms with van der Waals surface area (Å²) < 4.78 is 6.24. The van der Waals surface area contributed by atoms with Crippen LogP contribution in [0.3, 0.4) is 0 Å². The van der Waals surface area contributed by atoms with Crippen molar-refractivity contribution >= 4 is 23.2 Å². The van der Waals surface area contributed by atoms with E-state index in [1.165, 1.54) is 24.8 Å². The molecule has 1 aromatic rings. The predicted molar refractivity (Wildman–Crippen MR) is 138 cm³/mol. The lowest BCUT2D eigenvalue weighted by atomic mass is 9.90. The molecule has 1 atom stereocenters. The van der Waals surface area contributed by atoms with Crippen molar-refractivity contribution in [2.75, 3.05) is 44.2 Å². The van der Waals surface area contributed by atoms with Gasteiger partial charge in [0.15, 0.2) is 0 Å². The molecular formula is C28H38N4O3. The number of nitrogens with zero attached hydrogens (tertiary/aromatic N) is 4. The van der Waals surface area contributed by atoms with Crippen LogP contribution in [0.15, 0.2) is 40.9 Å². The van der Waals surface area contributed by atoms with E-state index in [4.69, 9.17) is 4.74 Å². The van der Waals surface area contributed by atoms with E-state index in [9.17, 15) is 9.59 Å². The van der Waals surface area contributed by atoms with Crippen molar-refractivity contribution in [3.63, 3.8) is 0 Å². The van der Waals surface area contributed by atoms with Crippen molar-refractivity contribution in [3.8, 4) is 5.75 Å². The molecule has 0 bridgehead atoms. The summed E-state index contributed by atoms with van der Waals surface area (Å²) in [5, 5.41) is 0. The Morgan fingerprint density at radius 1 is 1.00 bits per heavy atom. The molecule has 2 amide bonds. The van der Waals surface area contributed by atoms with Crippen LogP contribution in [0.1, 0.15) is 52.4 Å². The minimum absolute atomic E-state index is 0.0649. The second-order valence-corrected chi connectivity index (χ2v) is 10.5. The molecule has 3 aliphatic heterocycles. The van der Waals surface area contributed by atoms with Crippen LogP contribution in [0.2, 0.25) is 0 Å². The van der Waals surface area contributed by atoms with Crippen LogP contribution in [0.5, 0.6) is 5.75 Å². The zero-order chi connectivity index (χ0) is 24.4. The molecule has 7 nitrogen and oxygen atoms in total. The molecule has 0 N–H and O–H groups in total. The average Bonchev–Trinajstić information content (AvgIpc) is 3.00. The number of allylic oxidation sites excluding steroid dienone is 1. The van der Waals surface area contributed by atoms with Gasteiger partial charge < -0.3 is 19.4 Å². The molecule has 7 heteroatoms. The molecule has 1 aromatic carbocycles. The van der Waals surface area contributed by atoms with Gasteiger partial charge >= 0.3 is 0 Å². The zero-order valence-electron chi connectivity index (χ0n) is 21.1. The monoisotopic (exact) mass is 478 g/mol. The highest BCUT2D eigenvalue weighted by Crippen LogP contribution is 2.29. The van der Waals surface area contributed by atoms with Crippen molar-refractivity contribution in [2.45, 2.75) is 64.5 Å². The van der Waals surface area contributed by atoms with Gasteiger partial charge in [-0.05, 0) is 75.3 Å². The number of carbonyl (C=O) groups excluding carboxylic acids is 2. The quantitative estimate of drug-likeness (QED) is 0.648. The molecule has 2 saturated heterocycles. The van der Waals surface area contributed by atoms with Gasteiger partial charge in [-0.1, -0.05) is 18.9 Å². The Hall–Kier alpha value is -2.67. The first kappa shape index (κ1) is 24.0. The summed E-state index contributed by atoms with van der Waals surface area (Å²) in [6.07, 6.45) is 9.36. The number of benzene rings is 1. The van der Waals surface area contributed by atoms with E-state index in [1.807, 2.05) is 37.3 Å². The lowest BCUT2D eigenvalue weighted by Gasteiger charge is -2.41. The Morgan fingerprint density at radius 3 is 2.40 bits per heavy atom. The van der Waals surface area contributed by atoms with E-state index in [2.05, 4.69) is 16.8 Å². The molecule has 0 aromatic heterocycles. The second kappa shape index (κ2) is 10.5. The van der Waals surface area contributed by atoms with Crippen LogP contribution >= 0.6 is 0 Å². The molecule has 1 aliphatic carbocycles. The summed E-state index contributed by atoms with van der Waals surface area (Å²) in [6, 6.07) is 8.66. The third kappa shape index (κ3) is 5.45.